The van der Waals surface area contributed by atoms with Crippen LogP contribution in [0.4, 0.5) is 5.95 Å². The molecule has 0 N–H and O–H groups in total. The van der Waals surface area contributed by atoms with Crippen LogP contribution in [0.5, 0.6) is 0 Å². The number of rotatable bonds is 3. The number of aryl methyl sites for hydroxylation is 1. The van der Waals surface area contributed by atoms with Crippen LogP contribution in [-0.4, -0.2) is 34.6 Å². The monoisotopic (exact) mass is 277 g/mol. The predicted octanol–water partition coefficient (Wildman–Crippen LogP) is 2.73. The zero-order valence-electron chi connectivity index (χ0n) is 12.7. The van der Waals surface area contributed by atoms with E-state index in [1.165, 1.54) is 6.42 Å². The van der Waals surface area contributed by atoms with Crippen LogP contribution in [0.25, 0.3) is 0 Å². The molecule has 0 aliphatic carbocycles. The van der Waals surface area contributed by atoms with Crippen LogP contribution in [0, 0.1) is 6.92 Å². The number of ether oxygens (including phenoxy) is 1. The van der Waals surface area contributed by atoms with E-state index >= 15 is 0 Å². The molecule has 2 heterocycles. The zero-order chi connectivity index (χ0) is 14.7. The van der Waals surface area contributed by atoms with Crippen LogP contribution in [0.15, 0.2) is 6.20 Å². The zero-order valence-corrected chi connectivity index (χ0v) is 12.7. The summed E-state index contributed by atoms with van der Waals surface area (Å²) in [5.74, 6) is 0.367. The van der Waals surface area contributed by atoms with Gasteiger partial charge >= 0.3 is 5.97 Å². The molecule has 1 aromatic heterocycles. The summed E-state index contributed by atoms with van der Waals surface area (Å²) in [5, 5.41) is 0. The summed E-state index contributed by atoms with van der Waals surface area (Å²) >= 11 is 0. The van der Waals surface area contributed by atoms with Gasteiger partial charge in [-0.3, -0.25) is 0 Å². The van der Waals surface area contributed by atoms with E-state index in [0.29, 0.717) is 29.9 Å². The van der Waals surface area contributed by atoms with Crippen molar-refractivity contribution < 1.29 is 9.53 Å². The van der Waals surface area contributed by atoms with Crippen LogP contribution >= 0.6 is 0 Å². The van der Waals surface area contributed by atoms with Gasteiger partial charge in [0.15, 0.2) is 0 Å². The Morgan fingerprint density at radius 1 is 1.40 bits per heavy atom. The van der Waals surface area contributed by atoms with Gasteiger partial charge in [0.1, 0.15) is 0 Å². The summed E-state index contributed by atoms with van der Waals surface area (Å²) in [5.41, 5.74) is 1.13. The Kier molecular flexibility index (Phi) is 4.57. The highest BCUT2D eigenvalue weighted by Crippen LogP contribution is 2.26. The third kappa shape index (κ3) is 2.92. The second-order valence-corrected chi connectivity index (χ2v) is 5.43. The molecule has 2 atom stereocenters. The molecule has 1 aliphatic heterocycles. The third-order valence-electron chi connectivity index (χ3n) is 3.89. The second-order valence-electron chi connectivity index (χ2n) is 5.43. The van der Waals surface area contributed by atoms with Crippen molar-refractivity contribution in [1.82, 2.24) is 9.97 Å². The molecule has 1 saturated heterocycles. The van der Waals surface area contributed by atoms with Crippen molar-refractivity contribution in [3.8, 4) is 0 Å². The molecular formula is C15H23N3O2. The van der Waals surface area contributed by atoms with Crippen molar-refractivity contribution in [2.75, 3.05) is 11.5 Å². The molecule has 1 aromatic rings. The fourth-order valence-electron chi connectivity index (χ4n) is 2.80. The molecule has 2 rings (SSSR count). The summed E-state index contributed by atoms with van der Waals surface area (Å²) in [6, 6.07) is 0.873. The van der Waals surface area contributed by atoms with E-state index in [4.69, 9.17) is 4.74 Å². The van der Waals surface area contributed by atoms with Crippen LogP contribution < -0.4 is 4.90 Å². The number of hydrogen-bond donors (Lipinski definition) is 0. The first kappa shape index (κ1) is 14.8. The van der Waals surface area contributed by atoms with E-state index in [2.05, 4.69) is 28.7 Å². The van der Waals surface area contributed by atoms with Gasteiger partial charge in [-0.1, -0.05) is 0 Å². The Labute approximate surface area is 120 Å². The lowest BCUT2D eigenvalue weighted by Gasteiger charge is -2.39. The Morgan fingerprint density at radius 3 is 2.60 bits per heavy atom. The molecule has 5 nitrogen and oxygen atoms in total. The van der Waals surface area contributed by atoms with Crippen LogP contribution in [0.1, 0.15) is 56.1 Å². The van der Waals surface area contributed by atoms with Gasteiger partial charge in [-0.2, -0.15) is 0 Å². The minimum absolute atomic E-state index is 0.351. The lowest BCUT2D eigenvalue weighted by atomic mass is 9.98. The second kappa shape index (κ2) is 6.20. The molecule has 0 radical (unpaired) electrons. The molecule has 0 amide bonds. The maximum Gasteiger partial charge on any atom is 0.341 e. The van der Waals surface area contributed by atoms with Crippen molar-refractivity contribution in [1.29, 1.82) is 0 Å². The van der Waals surface area contributed by atoms with E-state index in [-0.39, 0.29) is 5.97 Å². The van der Waals surface area contributed by atoms with E-state index in [0.717, 1.165) is 18.8 Å². The first-order valence-corrected chi connectivity index (χ1v) is 7.33. The number of carbonyl (C=O) groups is 1. The van der Waals surface area contributed by atoms with Gasteiger partial charge in [-0.25, -0.2) is 14.8 Å². The van der Waals surface area contributed by atoms with Gasteiger partial charge in [0.05, 0.1) is 17.9 Å². The summed E-state index contributed by atoms with van der Waals surface area (Å²) < 4.78 is 5.00. The quantitative estimate of drug-likeness (QED) is 0.795. The molecule has 5 heteroatoms. The van der Waals surface area contributed by atoms with Crippen molar-refractivity contribution in [2.45, 2.75) is 59.0 Å². The Morgan fingerprint density at radius 2 is 2.05 bits per heavy atom. The summed E-state index contributed by atoms with van der Waals surface area (Å²) in [4.78, 5) is 22.9. The van der Waals surface area contributed by atoms with Crippen LogP contribution in [-0.2, 0) is 4.74 Å². The number of carbonyl (C=O) groups excluding carboxylic acids is 1. The summed E-state index contributed by atoms with van der Waals surface area (Å²) in [6.45, 7) is 8.39. The maximum absolute atomic E-state index is 11.8. The number of hydrogen-bond acceptors (Lipinski definition) is 5. The number of nitrogens with zero attached hydrogens (tertiary/aromatic N) is 3. The number of esters is 1. The lowest BCUT2D eigenvalue weighted by molar-refractivity contribution is 0.0524. The highest BCUT2D eigenvalue weighted by atomic mass is 16.5. The van der Waals surface area contributed by atoms with Crippen LogP contribution in [0.3, 0.4) is 0 Å². The number of aromatic nitrogens is 2. The average Bonchev–Trinajstić information content (AvgIpc) is 2.38. The highest BCUT2D eigenvalue weighted by Gasteiger charge is 2.27. The number of anilines is 1. The van der Waals surface area contributed by atoms with E-state index in [9.17, 15) is 4.79 Å². The fraction of sp³-hybridized carbons (Fsp3) is 0.667. The first-order chi connectivity index (χ1) is 9.54. The van der Waals surface area contributed by atoms with Gasteiger partial charge in [0.2, 0.25) is 5.95 Å². The number of piperidine rings is 1. The Hall–Kier alpha value is -1.65. The first-order valence-electron chi connectivity index (χ1n) is 7.33. The highest BCUT2D eigenvalue weighted by molar-refractivity contribution is 5.90. The van der Waals surface area contributed by atoms with Crippen molar-refractivity contribution >= 4 is 11.9 Å². The smallest absolute Gasteiger partial charge is 0.341 e. The van der Waals surface area contributed by atoms with Gasteiger partial charge in [0, 0.05) is 18.3 Å². The summed E-state index contributed by atoms with van der Waals surface area (Å²) in [7, 11) is 0. The minimum atomic E-state index is -0.351. The Balaban J connectivity index is 2.26. The fourth-order valence-corrected chi connectivity index (χ4v) is 2.80. The average molecular weight is 277 g/mol. The molecule has 0 spiro atoms. The molecular weight excluding hydrogens is 254 g/mol. The Bertz CT molecular complexity index is 480. The minimum Gasteiger partial charge on any atom is -0.462 e. The predicted molar refractivity (Wildman–Crippen MR) is 78.0 cm³/mol. The summed E-state index contributed by atoms with van der Waals surface area (Å²) in [6.07, 6.45) is 5.15. The molecule has 0 saturated carbocycles. The van der Waals surface area contributed by atoms with Crippen molar-refractivity contribution in [2.24, 2.45) is 0 Å². The molecule has 20 heavy (non-hydrogen) atoms. The van der Waals surface area contributed by atoms with Gasteiger partial charge in [-0.15, -0.1) is 0 Å². The molecule has 0 unspecified atom stereocenters. The topological polar surface area (TPSA) is 55.3 Å². The van der Waals surface area contributed by atoms with Crippen LogP contribution in [0.2, 0.25) is 0 Å². The third-order valence-corrected chi connectivity index (χ3v) is 3.89. The standard InChI is InChI=1S/C15H23N3O2/c1-5-20-14(19)13-9-16-15(17-12(13)4)18-10(2)7-6-8-11(18)3/h9-11H,5-8H2,1-4H3/t10-,11-/m1/s1. The van der Waals surface area contributed by atoms with E-state index < -0.39 is 0 Å². The maximum atomic E-state index is 11.8. The molecule has 0 aromatic carbocycles. The molecule has 0 bridgehead atoms. The molecule has 1 aliphatic rings. The lowest BCUT2D eigenvalue weighted by Crippen LogP contribution is -2.45. The normalized spacial score (nSPS) is 22.7. The molecule has 110 valence electrons. The van der Waals surface area contributed by atoms with Gasteiger partial charge < -0.3 is 9.64 Å². The van der Waals surface area contributed by atoms with Gasteiger partial charge in [-0.05, 0) is 47.0 Å². The van der Waals surface area contributed by atoms with Crippen molar-refractivity contribution in [3.63, 3.8) is 0 Å². The molecule has 1 fully saturated rings. The largest absolute Gasteiger partial charge is 0.462 e. The van der Waals surface area contributed by atoms with E-state index in [1.807, 2.05) is 6.92 Å². The SMILES string of the molecule is CCOC(=O)c1cnc(N2[C@H](C)CCC[C@H]2C)nc1C. The van der Waals surface area contributed by atoms with E-state index in [1.54, 1.807) is 13.1 Å². The van der Waals surface area contributed by atoms with Gasteiger partial charge in [0.25, 0.3) is 0 Å². The van der Waals surface area contributed by atoms with Crippen molar-refractivity contribution in [3.05, 3.63) is 17.5 Å².